The third-order valence-corrected chi connectivity index (χ3v) is 9.50. The lowest BCUT2D eigenvalue weighted by Gasteiger charge is -2.26. The van der Waals surface area contributed by atoms with Gasteiger partial charge in [-0.1, -0.05) is 65.9 Å². The Hall–Kier alpha value is -2.07. The third-order valence-electron chi connectivity index (χ3n) is 9.50. The number of nitrogens with one attached hydrogen (secondary N) is 1. The summed E-state index contributed by atoms with van der Waals surface area (Å²) in [7, 11) is 0. The van der Waals surface area contributed by atoms with Crippen LogP contribution in [-0.2, 0) is 22.0 Å². The molecule has 3 fully saturated rings. The van der Waals surface area contributed by atoms with E-state index in [4.69, 9.17) is 4.74 Å². The van der Waals surface area contributed by atoms with E-state index >= 15 is 0 Å². The van der Waals surface area contributed by atoms with Crippen molar-refractivity contribution >= 4 is 5.91 Å². The Labute approximate surface area is 224 Å². The molecule has 4 heteroatoms. The molecule has 2 heterocycles. The van der Waals surface area contributed by atoms with Gasteiger partial charge >= 0.3 is 0 Å². The zero-order chi connectivity index (χ0) is 26.4. The molecule has 1 aromatic heterocycles. The van der Waals surface area contributed by atoms with Gasteiger partial charge in [-0.3, -0.25) is 4.79 Å². The molecule has 0 bridgehead atoms. The van der Waals surface area contributed by atoms with Crippen LogP contribution in [0.2, 0.25) is 0 Å². The van der Waals surface area contributed by atoms with E-state index in [1.54, 1.807) is 0 Å². The number of aromatic nitrogens is 1. The molecule has 0 atom stereocenters. The maximum absolute atomic E-state index is 13.7. The van der Waals surface area contributed by atoms with Crippen LogP contribution in [0.1, 0.15) is 124 Å². The number of ether oxygens (including phenoxy) is 1. The van der Waals surface area contributed by atoms with Crippen molar-refractivity contribution in [2.24, 2.45) is 5.92 Å². The van der Waals surface area contributed by atoms with Crippen molar-refractivity contribution in [2.75, 3.05) is 13.2 Å². The Morgan fingerprint density at radius 2 is 1.70 bits per heavy atom. The van der Waals surface area contributed by atoms with E-state index in [0.717, 1.165) is 43.7 Å². The first kappa shape index (κ1) is 26.5. The van der Waals surface area contributed by atoms with Crippen LogP contribution < -0.4 is 5.32 Å². The van der Waals surface area contributed by atoms with Crippen molar-refractivity contribution in [3.63, 3.8) is 0 Å². The molecule has 0 radical (unpaired) electrons. The lowest BCUT2D eigenvalue weighted by molar-refractivity contribution is 0.0696. The Morgan fingerprint density at radius 1 is 1.03 bits per heavy atom. The van der Waals surface area contributed by atoms with Gasteiger partial charge in [0.2, 0.25) is 0 Å². The van der Waals surface area contributed by atoms with Crippen LogP contribution in [0.15, 0.2) is 18.2 Å². The molecule has 4 nitrogen and oxygen atoms in total. The van der Waals surface area contributed by atoms with E-state index in [-0.39, 0.29) is 17.4 Å². The average molecular weight is 505 g/mol. The maximum atomic E-state index is 13.7. The topological polar surface area (TPSA) is 43.3 Å². The van der Waals surface area contributed by atoms with Gasteiger partial charge in [0, 0.05) is 36.3 Å². The summed E-state index contributed by atoms with van der Waals surface area (Å²) < 4.78 is 7.99. The minimum Gasteiger partial charge on any atom is -0.381 e. The normalized spacial score (nSPS) is 20.7. The van der Waals surface area contributed by atoms with Gasteiger partial charge in [0.05, 0.1) is 5.56 Å². The number of hydrogen-bond donors (Lipinski definition) is 1. The Balaban J connectivity index is 1.61. The Kier molecular flexibility index (Phi) is 7.35. The van der Waals surface area contributed by atoms with Crippen molar-refractivity contribution in [3.8, 4) is 5.69 Å². The van der Waals surface area contributed by atoms with Crippen molar-refractivity contribution < 1.29 is 9.53 Å². The van der Waals surface area contributed by atoms with Crippen molar-refractivity contribution in [2.45, 2.75) is 123 Å². The highest BCUT2D eigenvalue weighted by Gasteiger charge is 2.40. The molecule has 5 rings (SSSR count). The molecule has 0 unspecified atom stereocenters. The molecule has 1 saturated heterocycles. The molecular weight excluding hydrogens is 456 g/mol. The summed E-state index contributed by atoms with van der Waals surface area (Å²) in [5.41, 5.74) is 8.94. The Bertz CT molecular complexity index is 1110. The molecule has 2 saturated carbocycles. The van der Waals surface area contributed by atoms with Crippen LogP contribution in [0.25, 0.3) is 5.69 Å². The Morgan fingerprint density at radius 3 is 2.32 bits per heavy atom. The smallest absolute Gasteiger partial charge is 0.253 e. The highest BCUT2D eigenvalue weighted by molar-refractivity contribution is 5.97. The number of hydrogen-bond acceptors (Lipinski definition) is 2. The molecule has 2 aromatic rings. The lowest BCUT2D eigenvalue weighted by Crippen LogP contribution is -2.39. The number of benzene rings is 1. The molecule has 1 N–H and O–H groups in total. The number of carbonyl (C=O) groups is 1. The first-order valence-electron chi connectivity index (χ1n) is 14.8. The molecule has 2 aliphatic carbocycles. The van der Waals surface area contributed by atoms with Gasteiger partial charge in [-0.05, 0) is 91.5 Å². The second-order valence-electron chi connectivity index (χ2n) is 13.5. The predicted octanol–water partition coefficient (Wildman–Crippen LogP) is 7.47. The quantitative estimate of drug-likeness (QED) is 0.443. The summed E-state index contributed by atoms with van der Waals surface area (Å²) in [5.74, 6) is 0.796. The summed E-state index contributed by atoms with van der Waals surface area (Å²) in [5, 5.41) is 3.36. The fourth-order valence-corrected chi connectivity index (χ4v) is 6.59. The minimum atomic E-state index is 0.0684. The molecule has 37 heavy (non-hydrogen) atoms. The molecule has 0 spiro atoms. The summed E-state index contributed by atoms with van der Waals surface area (Å²) in [6.07, 6.45) is 12.0. The second-order valence-corrected chi connectivity index (χ2v) is 13.5. The molecule has 1 aliphatic heterocycles. The van der Waals surface area contributed by atoms with E-state index in [0.29, 0.717) is 11.3 Å². The van der Waals surface area contributed by atoms with Gasteiger partial charge in [0.1, 0.15) is 0 Å². The summed E-state index contributed by atoms with van der Waals surface area (Å²) >= 11 is 0. The third kappa shape index (κ3) is 5.55. The number of carbonyl (C=O) groups excluding carboxylic acids is 1. The fourth-order valence-electron chi connectivity index (χ4n) is 6.59. The van der Waals surface area contributed by atoms with E-state index in [1.165, 1.54) is 73.0 Å². The van der Waals surface area contributed by atoms with Crippen LogP contribution in [-0.4, -0.2) is 29.7 Å². The molecule has 3 aliphatic rings. The summed E-state index contributed by atoms with van der Waals surface area (Å²) in [6.45, 7) is 15.2. The van der Waals surface area contributed by atoms with E-state index in [2.05, 4.69) is 69.6 Å². The van der Waals surface area contributed by atoms with E-state index in [9.17, 15) is 4.79 Å². The average Bonchev–Trinajstić information content (AvgIpc) is 3.57. The van der Waals surface area contributed by atoms with Crippen molar-refractivity contribution in [1.29, 1.82) is 0 Å². The van der Waals surface area contributed by atoms with Crippen LogP contribution in [0.3, 0.4) is 0 Å². The van der Waals surface area contributed by atoms with Crippen LogP contribution in [0, 0.1) is 19.8 Å². The number of nitrogens with zero attached hydrogens (tertiary/aromatic N) is 1. The van der Waals surface area contributed by atoms with Crippen LogP contribution >= 0.6 is 0 Å². The van der Waals surface area contributed by atoms with Gasteiger partial charge in [-0.2, -0.15) is 0 Å². The first-order valence-corrected chi connectivity index (χ1v) is 14.8. The van der Waals surface area contributed by atoms with Gasteiger partial charge in [0.25, 0.3) is 5.91 Å². The fraction of sp³-hybridized carbons (Fsp3) is 0.667. The monoisotopic (exact) mass is 504 g/mol. The second kappa shape index (κ2) is 10.2. The molecule has 202 valence electrons. The first-order chi connectivity index (χ1) is 17.6. The molecule has 1 aromatic carbocycles. The van der Waals surface area contributed by atoms with Crippen LogP contribution in [0.4, 0.5) is 0 Å². The van der Waals surface area contributed by atoms with Crippen molar-refractivity contribution in [3.05, 3.63) is 51.8 Å². The molecule has 1 amide bonds. The van der Waals surface area contributed by atoms with Gasteiger partial charge < -0.3 is 14.6 Å². The van der Waals surface area contributed by atoms with E-state index < -0.39 is 0 Å². The standard InChI is InChI=1S/C33H48N2O2/c1-22-29(18-24-10-8-7-9-11-24)35(23(2)30(22)31(36)34-27-12-16-37-17-13-27)28-20-25(32(3,4)5)19-26(21-28)33(6)14-15-33/h19-21,24,27H,7-18H2,1-6H3,(H,34,36). The van der Waals surface area contributed by atoms with Crippen LogP contribution in [0.5, 0.6) is 0 Å². The lowest BCUT2D eigenvalue weighted by atomic mass is 9.83. The largest absolute Gasteiger partial charge is 0.381 e. The summed E-state index contributed by atoms with van der Waals surface area (Å²) in [6, 6.07) is 7.48. The zero-order valence-electron chi connectivity index (χ0n) is 24.1. The number of rotatable bonds is 6. The maximum Gasteiger partial charge on any atom is 0.253 e. The van der Waals surface area contributed by atoms with Gasteiger partial charge in [0.15, 0.2) is 0 Å². The molecular formula is C33H48N2O2. The van der Waals surface area contributed by atoms with Gasteiger partial charge in [-0.15, -0.1) is 0 Å². The van der Waals surface area contributed by atoms with E-state index in [1.807, 2.05) is 0 Å². The van der Waals surface area contributed by atoms with Gasteiger partial charge in [-0.25, -0.2) is 0 Å². The SMILES string of the molecule is Cc1c(C(=O)NC2CCOCC2)c(C)n(-c2cc(C(C)(C)C)cc(C3(C)CC3)c2)c1CC1CCCCC1. The van der Waals surface area contributed by atoms with Crippen molar-refractivity contribution in [1.82, 2.24) is 9.88 Å². The zero-order valence-corrected chi connectivity index (χ0v) is 24.1. The summed E-state index contributed by atoms with van der Waals surface area (Å²) in [4.78, 5) is 13.7. The highest BCUT2D eigenvalue weighted by atomic mass is 16.5. The highest BCUT2D eigenvalue weighted by Crippen LogP contribution is 2.49. The minimum absolute atomic E-state index is 0.0684. The number of amides is 1. The predicted molar refractivity (Wildman–Crippen MR) is 152 cm³/mol.